The highest BCUT2D eigenvalue weighted by molar-refractivity contribution is 5.97. The van der Waals surface area contributed by atoms with Crippen molar-refractivity contribution in [2.24, 2.45) is 11.7 Å². The first-order valence-electron chi connectivity index (χ1n) is 15.4. The molecule has 1 heterocycles. The van der Waals surface area contributed by atoms with Crippen LogP contribution in [-0.2, 0) is 32.0 Å². The number of fused-ring (bicyclic) bond motifs is 3. The van der Waals surface area contributed by atoms with Crippen LogP contribution in [0.3, 0.4) is 0 Å². The molecule has 2 atom stereocenters. The van der Waals surface area contributed by atoms with Crippen LogP contribution >= 0.6 is 0 Å². The second-order valence-corrected chi connectivity index (χ2v) is 12.3. The van der Waals surface area contributed by atoms with E-state index in [4.69, 9.17) is 5.73 Å². The minimum Gasteiger partial charge on any atom is -0.368 e. The molecule has 1 aliphatic carbocycles. The largest absolute Gasteiger partial charge is 0.368 e. The van der Waals surface area contributed by atoms with Crippen LogP contribution in [0.15, 0.2) is 84.9 Å². The number of nitrogens with two attached hydrogens (primary N) is 1. The maximum absolute atomic E-state index is 14.1. The number of aromatic nitrogens is 1. The molecule has 0 saturated heterocycles. The number of nitrogens with one attached hydrogen (secondary N) is 3. The first-order valence-corrected chi connectivity index (χ1v) is 15.4. The number of carbonyl (C=O) groups is 4. The van der Waals surface area contributed by atoms with Crippen LogP contribution < -0.4 is 16.4 Å². The number of H-pyrrole nitrogens is 1. The lowest BCUT2D eigenvalue weighted by Gasteiger charge is -2.38. The fourth-order valence-electron chi connectivity index (χ4n) is 6.38. The Hall–Kier alpha value is -4.92. The highest BCUT2D eigenvalue weighted by Gasteiger charge is 2.45. The smallest absolute Gasteiger partial charge is 0.246 e. The Labute approximate surface area is 263 Å². The van der Waals surface area contributed by atoms with Crippen LogP contribution in [0.1, 0.15) is 55.5 Å². The summed E-state index contributed by atoms with van der Waals surface area (Å²) in [5.74, 6) is -2.22. The summed E-state index contributed by atoms with van der Waals surface area (Å²) in [4.78, 5) is 58.1. The van der Waals surface area contributed by atoms with Crippen LogP contribution in [0.4, 0.5) is 0 Å². The Kier molecular flexibility index (Phi) is 9.37. The summed E-state index contributed by atoms with van der Waals surface area (Å²) in [5.41, 5.74) is 9.27. The summed E-state index contributed by atoms with van der Waals surface area (Å²) in [5, 5.41) is 6.85. The van der Waals surface area contributed by atoms with Crippen molar-refractivity contribution in [1.82, 2.24) is 20.5 Å². The molecule has 0 bridgehead atoms. The van der Waals surface area contributed by atoms with Crippen molar-refractivity contribution in [3.05, 3.63) is 107 Å². The first-order chi connectivity index (χ1) is 21.6. The van der Waals surface area contributed by atoms with E-state index in [-0.39, 0.29) is 37.3 Å². The third-order valence-electron chi connectivity index (χ3n) is 8.84. The summed E-state index contributed by atoms with van der Waals surface area (Å²) in [6, 6.07) is 26.7. The second-order valence-electron chi connectivity index (χ2n) is 12.3. The minimum absolute atomic E-state index is 0.160. The zero-order chi connectivity index (χ0) is 32.1. The number of aromatic amines is 1. The van der Waals surface area contributed by atoms with E-state index in [1.54, 1.807) is 13.8 Å². The fourth-order valence-corrected chi connectivity index (χ4v) is 6.38. The first kappa shape index (κ1) is 31.5. The Balaban J connectivity index is 1.43. The van der Waals surface area contributed by atoms with Gasteiger partial charge in [-0.3, -0.25) is 19.2 Å². The molecule has 0 spiro atoms. The molecule has 1 aliphatic rings. The molecular formula is C36H41N5O4. The van der Waals surface area contributed by atoms with E-state index in [9.17, 15) is 19.2 Å². The number of rotatable bonds is 11. The maximum Gasteiger partial charge on any atom is 0.246 e. The lowest BCUT2D eigenvalue weighted by atomic mass is 9.78. The predicted molar refractivity (Wildman–Crippen MR) is 174 cm³/mol. The van der Waals surface area contributed by atoms with E-state index in [1.165, 1.54) is 11.8 Å². The fraction of sp³-hybridized carbons (Fsp3) is 0.333. The number of aryl methyl sites for hydroxylation is 1. The Bertz CT molecular complexity index is 1640. The van der Waals surface area contributed by atoms with Gasteiger partial charge in [-0.1, -0.05) is 92.7 Å². The molecule has 0 radical (unpaired) electrons. The van der Waals surface area contributed by atoms with Crippen molar-refractivity contribution in [1.29, 1.82) is 0 Å². The standard InChI is InChI=1S/C36H41N5O4/c1-23(2)33(34(37)44)39-35(45)36(19-18-31-28(20-36)27-16-10-11-17-30(27)38-31)40-32(43)22-41(24(3)42)21-29(25-12-6-4-7-13-25)26-14-8-5-9-15-26/h4-17,23,29,33,38H,18-22H2,1-3H3,(H2,37,44)(H,39,45)(H,40,43)/t33-,36-/m0/s1. The van der Waals surface area contributed by atoms with Crippen LogP contribution in [0.2, 0.25) is 0 Å². The molecule has 4 amide bonds. The van der Waals surface area contributed by atoms with Crippen LogP contribution in [-0.4, -0.2) is 58.2 Å². The number of amides is 4. The quantitative estimate of drug-likeness (QED) is 0.206. The van der Waals surface area contributed by atoms with Gasteiger partial charge < -0.3 is 26.3 Å². The van der Waals surface area contributed by atoms with E-state index in [2.05, 4.69) is 15.6 Å². The van der Waals surface area contributed by atoms with E-state index in [1.807, 2.05) is 84.9 Å². The van der Waals surface area contributed by atoms with Crippen molar-refractivity contribution in [3.8, 4) is 0 Å². The zero-order valence-corrected chi connectivity index (χ0v) is 26.0. The monoisotopic (exact) mass is 607 g/mol. The van der Waals surface area contributed by atoms with Crippen molar-refractivity contribution in [3.63, 3.8) is 0 Å². The molecule has 4 aromatic rings. The SMILES string of the molecule is CC(=O)N(CC(=O)N[C@@]1(C(=O)N[C@H](C(N)=O)C(C)C)CCc2[nH]c3ccccc3c2C1)CC(c1ccccc1)c1ccccc1. The topological polar surface area (TPSA) is 137 Å². The van der Waals surface area contributed by atoms with Gasteiger partial charge in [0.2, 0.25) is 23.6 Å². The normalized spacial score (nSPS) is 16.6. The average molecular weight is 608 g/mol. The molecule has 0 saturated carbocycles. The number of nitrogens with zero attached hydrogens (tertiary/aromatic N) is 1. The number of para-hydroxylation sites is 1. The molecule has 0 aliphatic heterocycles. The molecule has 3 aromatic carbocycles. The number of hydrogen-bond acceptors (Lipinski definition) is 4. The molecule has 0 unspecified atom stereocenters. The second kappa shape index (κ2) is 13.4. The molecule has 5 rings (SSSR count). The summed E-state index contributed by atoms with van der Waals surface area (Å²) >= 11 is 0. The van der Waals surface area contributed by atoms with Gasteiger partial charge >= 0.3 is 0 Å². The molecule has 234 valence electrons. The third kappa shape index (κ3) is 6.93. The van der Waals surface area contributed by atoms with Gasteiger partial charge in [0.25, 0.3) is 0 Å². The highest BCUT2D eigenvalue weighted by Crippen LogP contribution is 2.35. The maximum atomic E-state index is 14.1. The van der Waals surface area contributed by atoms with Gasteiger partial charge in [-0.2, -0.15) is 0 Å². The molecular weight excluding hydrogens is 566 g/mol. The number of hydrogen-bond donors (Lipinski definition) is 4. The van der Waals surface area contributed by atoms with Gasteiger partial charge in [0.15, 0.2) is 0 Å². The molecule has 9 heteroatoms. The van der Waals surface area contributed by atoms with Crippen LogP contribution in [0.25, 0.3) is 10.9 Å². The van der Waals surface area contributed by atoms with Crippen molar-refractivity contribution in [2.45, 2.75) is 57.5 Å². The van der Waals surface area contributed by atoms with Gasteiger partial charge in [0.05, 0.1) is 6.54 Å². The molecule has 0 fully saturated rings. The third-order valence-corrected chi connectivity index (χ3v) is 8.84. The summed E-state index contributed by atoms with van der Waals surface area (Å²) in [6.45, 7) is 5.10. The average Bonchev–Trinajstić information content (AvgIpc) is 3.39. The van der Waals surface area contributed by atoms with Crippen LogP contribution in [0, 0.1) is 5.92 Å². The summed E-state index contributed by atoms with van der Waals surface area (Å²) < 4.78 is 0. The Morgan fingerprint density at radius 3 is 2.09 bits per heavy atom. The zero-order valence-electron chi connectivity index (χ0n) is 26.0. The molecule has 5 N–H and O–H groups in total. The van der Waals surface area contributed by atoms with Crippen LogP contribution in [0.5, 0.6) is 0 Å². The molecule has 9 nitrogen and oxygen atoms in total. The van der Waals surface area contributed by atoms with Gasteiger partial charge in [-0.25, -0.2) is 0 Å². The van der Waals surface area contributed by atoms with Gasteiger partial charge in [0.1, 0.15) is 11.6 Å². The number of benzene rings is 3. The van der Waals surface area contributed by atoms with E-state index < -0.39 is 29.3 Å². The van der Waals surface area contributed by atoms with E-state index >= 15 is 0 Å². The highest BCUT2D eigenvalue weighted by atomic mass is 16.2. The van der Waals surface area contributed by atoms with Crippen molar-refractivity contribution >= 4 is 34.5 Å². The van der Waals surface area contributed by atoms with Gasteiger partial charge in [0, 0.05) is 42.4 Å². The number of carbonyl (C=O) groups excluding carboxylic acids is 4. The summed E-state index contributed by atoms with van der Waals surface area (Å²) in [6.07, 6.45) is 1.05. The summed E-state index contributed by atoms with van der Waals surface area (Å²) in [7, 11) is 0. The molecule has 45 heavy (non-hydrogen) atoms. The van der Waals surface area contributed by atoms with Crippen molar-refractivity contribution < 1.29 is 19.2 Å². The Morgan fingerprint density at radius 1 is 0.911 bits per heavy atom. The lowest BCUT2D eigenvalue weighted by Crippen LogP contribution is -2.65. The minimum atomic E-state index is -1.35. The Morgan fingerprint density at radius 2 is 1.51 bits per heavy atom. The lowest BCUT2D eigenvalue weighted by molar-refractivity contribution is -0.139. The van der Waals surface area contributed by atoms with E-state index in [0.717, 1.165) is 33.3 Å². The van der Waals surface area contributed by atoms with Gasteiger partial charge in [-0.15, -0.1) is 0 Å². The van der Waals surface area contributed by atoms with Gasteiger partial charge in [-0.05, 0) is 41.5 Å². The predicted octanol–water partition coefficient (Wildman–Crippen LogP) is 3.82. The van der Waals surface area contributed by atoms with E-state index in [0.29, 0.717) is 12.8 Å². The number of primary amides is 1. The molecule has 1 aromatic heterocycles. The van der Waals surface area contributed by atoms with Crippen molar-refractivity contribution in [2.75, 3.05) is 13.1 Å².